The van der Waals surface area contributed by atoms with Crippen molar-refractivity contribution in [1.29, 1.82) is 0 Å². The number of hydrogen-bond donors (Lipinski definition) is 0. The van der Waals surface area contributed by atoms with Gasteiger partial charge in [0.1, 0.15) is 6.54 Å². The number of para-hydroxylation sites is 1. The smallest absolute Gasteiger partial charge is 0.307 e. The van der Waals surface area contributed by atoms with Crippen molar-refractivity contribution in [3.05, 3.63) is 58.8 Å². The lowest BCUT2D eigenvalue weighted by Gasteiger charge is -2.23. The molecular formula is C15H15N3O2. The van der Waals surface area contributed by atoms with Crippen molar-refractivity contribution in [3.8, 4) is 0 Å². The molecule has 0 aliphatic carbocycles. The first-order chi connectivity index (χ1) is 9.66. The fraction of sp³-hybridized carbons (Fsp3) is 0.267. The Kier molecular flexibility index (Phi) is 3.10. The van der Waals surface area contributed by atoms with Gasteiger partial charge in [0.05, 0.1) is 0 Å². The minimum Gasteiger partial charge on any atom is -0.307 e. The Labute approximate surface area is 116 Å². The lowest BCUT2D eigenvalue weighted by atomic mass is 10.1. The number of rotatable bonds is 2. The molecule has 0 fully saturated rings. The van der Waals surface area contributed by atoms with Crippen molar-refractivity contribution >= 4 is 11.6 Å². The molecule has 0 radical (unpaired) electrons. The van der Waals surface area contributed by atoms with Crippen LogP contribution in [0, 0.1) is 0 Å². The largest absolute Gasteiger partial charge is 0.347 e. The molecule has 0 spiro atoms. The second-order valence-electron chi connectivity index (χ2n) is 4.98. The third-order valence-electron chi connectivity index (χ3n) is 3.56. The summed E-state index contributed by atoms with van der Waals surface area (Å²) in [5, 5.41) is 0. The standard InChI is InChI=1S/C15H15N3O2/c1-11-9-12-5-2-3-6-13(12)18(11)14(19)10-17-8-4-7-16-15(17)20/h2-8,11H,9-10H2,1H3. The molecule has 1 aliphatic rings. The second kappa shape index (κ2) is 4.92. The van der Waals surface area contributed by atoms with Gasteiger partial charge in [-0.05, 0) is 31.0 Å². The predicted molar refractivity (Wildman–Crippen MR) is 75.6 cm³/mol. The highest BCUT2D eigenvalue weighted by molar-refractivity contribution is 5.96. The van der Waals surface area contributed by atoms with Gasteiger partial charge >= 0.3 is 5.69 Å². The molecular weight excluding hydrogens is 254 g/mol. The van der Waals surface area contributed by atoms with E-state index in [1.165, 1.54) is 16.3 Å². The molecule has 1 aromatic heterocycles. The average molecular weight is 269 g/mol. The van der Waals surface area contributed by atoms with Crippen LogP contribution in [0.1, 0.15) is 12.5 Å². The minimum absolute atomic E-state index is 0.0192. The summed E-state index contributed by atoms with van der Waals surface area (Å²) < 4.78 is 1.33. The van der Waals surface area contributed by atoms with Crippen molar-refractivity contribution in [3.63, 3.8) is 0 Å². The number of aromatic nitrogens is 2. The van der Waals surface area contributed by atoms with E-state index in [1.807, 2.05) is 31.2 Å². The minimum atomic E-state index is -0.402. The topological polar surface area (TPSA) is 55.2 Å². The van der Waals surface area contributed by atoms with Crippen LogP contribution in [0.3, 0.4) is 0 Å². The Morgan fingerprint density at radius 1 is 1.35 bits per heavy atom. The zero-order chi connectivity index (χ0) is 14.1. The molecule has 2 aromatic rings. The summed E-state index contributed by atoms with van der Waals surface area (Å²) in [6.07, 6.45) is 3.86. The van der Waals surface area contributed by atoms with Crippen molar-refractivity contribution < 1.29 is 4.79 Å². The highest BCUT2D eigenvalue weighted by Gasteiger charge is 2.30. The van der Waals surface area contributed by atoms with Gasteiger partial charge in [-0.15, -0.1) is 0 Å². The molecule has 20 heavy (non-hydrogen) atoms. The number of hydrogen-bond acceptors (Lipinski definition) is 3. The number of carbonyl (C=O) groups excluding carboxylic acids is 1. The molecule has 1 aromatic carbocycles. The third-order valence-corrected chi connectivity index (χ3v) is 3.56. The molecule has 1 aliphatic heterocycles. The van der Waals surface area contributed by atoms with E-state index in [1.54, 1.807) is 17.2 Å². The van der Waals surface area contributed by atoms with Gasteiger partial charge in [0.15, 0.2) is 0 Å². The molecule has 0 bridgehead atoms. The van der Waals surface area contributed by atoms with Crippen LogP contribution < -0.4 is 10.6 Å². The zero-order valence-corrected chi connectivity index (χ0v) is 11.2. The summed E-state index contributed by atoms with van der Waals surface area (Å²) in [4.78, 5) is 29.5. The van der Waals surface area contributed by atoms with Crippen molar-refractivity contribution in [2.24, 2.45) is 0 Å². The van der Waals surface area contributed by atoms with Crippen LogP contribution in [0.5, 0.6) is 0 Å². The molecule has 0 saturated carbocycles. The van der Waals surface area contributed by atoms with Gasteiger partial charge in [-0.1, -0.05) is 18.2 Å². The molecule has 1 amide bonds. The van der Waals surface area contributed by atoms with Crippen LogP contribution in [0.4, 0.5) is 5.69 Å². The van der Waals surface area contributed by atoms with Crippen LogP contribution in [0.15, 0.2) is 47.5 Å². The number of anilines is 1. The summed E-state index contributed by atoms with van der Waals surface area (Å²) >= 11 is 0. The fourth-order valence-corrected chi connectivity index (χ4v) is 2.67. The van der Waals surface area contributed by atoms with E-state index in [9.17, 15) is 9.59 Å². The Balaban J connectivity index is 1.88. The number of fused-ring (bicyclic) bond motifs is 1. The van der Waals surface area contributed by atoms with E-state index < -0.39 is 5.69 Å². The highest BCUT2D eigenvalue weighted by atomic mass is 16.2. The van der Waals surface area contributed by atoms with Crippen LogP contribution in [-0.4, -0.2) is 21.5 Å². The highest BCUT2D eigenvalue weighted by Crippen LogP contribution is 2.31. The normalized spacial score (nSPS) is 17.1. The SMILES string of the molecule is CC1Cc2ccccc2N1C(=O)Cn1cccnc1=O. The Bertz CT molecular complexity index is 708. The number of amides is 1. The Morgan fingerprint density at radius 3 is 2.95 bits per heavy atom. The number of carbonyl (C=O) groups is 1. The lowest BCUT2D eigenvalue weighted by molar-refractivity contribution is -0.119. The molecule has 0 saturated heterocycles. The Hall–Kier alpha value is -2.43. The first-order valence-electron chi connectivity index (χ1n) is 6.58. The molecule has 1 unspecified atom stereocenters. The summed E-state index contributed by atoms with van der Waals surface area (Å²) in [5.74, 6) is -0.0856. The van der Waals surface area contributed by atoms with Gasteiger partial charge in [0.2, 0.25) is 5.91 Å². The average Bonchev–Trinajstić information content (AvgIpc) is 2.77. The first kappa shape index (κ1) is 12.6. The molecule has 2 heterocycles. The van der Waals surface area contributed by atoms with Gasteiger partial charge in [0, 0.05) is 24.1 Å². The first-order valence-corrected chi connectivity index (χ1v) is 6.58. The van der Waals surface area contributed by atoms with Crippen LogP contribution in [0.25, 0.3) is 0 Å². The molecule has 1 atom stereocenters. The van der Waals surface area contributed by atoms with Gasteiger partial charge in [-0.2, -0.15) is 0 Å². The summed E-state index contributed by atoms with van der Waals surface area (Å²) in [7, 11) is 0. The van der Waals surface area contributed by atoms with Gasteiger partial charge in [0.25, 0.3) is 0 Å². The second-order valence-corrected chi connectivity index (χ2v) is 4.98. The molecule has 102 valence electrons. The van der Waals surface area contributed by atoms with Crippen molar-refractivity contribution in [2.45, 2.75) is 25.9 Å². The van der Waals surface area contributed by atoms with E-state index >= 15 is 0 Å². The van der Waals surface area contributed by atoms with E-state index in [4.69, 9.17) is 0 Å². The van der Waals surface area contributed by atoms with E-state index in [0.717, 1.165) is 12.1 Å². The third kappa shape index (κ3) is 2.11. The summed E-state index contributed by atoms with van der Waals surface area (Å²) in [6, 6.07) is 9.65. The molecule has 0 N–H and O–H groups in total. The summed E-state index contributed by atoms with van der Waals surface area (Å²) in [5.41, 5.74) is 1.72. The van der Waals surface area contributed by atoms with Gasteiger partial charge in [-0.25, -0.2) is 9.78 Å². The monoisotopic (exact) mass is 269 g/mol. The van der Waals surface area contributed by atoms with E-state index in [2.05, 4.69) is 4.98 Å². The maximum absolute atomic E-state index is 12.5. The van der Waals surface area contributed by atoms with Crippen LogP contribution in [0.2, 0.25) is 0 Å². The van der Waals surface area contributed by atoms with Crippen molar-refractivity contribution in [1.82, 2.24) is 9.55 Å². The van der Waals surface area contributed by atoms with Crippen molar-refractivity contribution in [2.75, 3.05) is 4.90 Å². The Morgan fingerprint density at radius 2 is 2.15 bits per heavy atom. The molecule has 5 heteroatoms. The fourth-order valence-electron chi connectivity index (χ4n) is 2.67. The summed E-state index contributed by atoms with van der Waals surface area (Å²) in [6.45, 7) is 2.04. The quantitative estimate of drug-likeness (QED) is 0.823. The molecule has 5 nitrogen and oxygen atoms in total. The van der Waals surface area contributed by atoms with Crippen LogP contribution in [-0.2, 0) is 17.8 Å². The maximum Gasteiger partial charge on any atom is 0.347 e. The number of benzene rings is 1. The lowest BCUT2D eigenvalue weighted by Crippen LogP contribution is -2.40. The maximum atomic E-state index is 12.5. The van der Waals surface area contributed by atoms with Crippen LogP contribution >= 0.6 is 0 Å². The zero-order valence-electron chi connectivity index (χ0n) is 11.2. The van der Waals surface area contributed by atoms with E-state index in [0.29, 0.717) is 0 Å². The van der Waals surface area contributed by atoms with Gasteiger partial charge < -0.3 is 4.90 Å². The number of nitrogens with zero attached hydrogens (tertiary/aromatic N) is 3. The van der Waals surface area contributed by atoms with E-state index in [-0.39, 0.29) is 18.5 Å². The van der Waals surface area contributed by atoms with Gasteiger partial charge in [-0.3, -0.25) is 9.36 Å². The predicted octanol–water partition coefficient (Wildman–Crippen LogP) is 1.22. The molecule has 3 rings (SSSR count).